The van der Waals surface area contributed by atoms with E-state index in [9.17, 15) is 0 Å². The highest BCUT2D eigenvalue weighted by Crippen LogP contribution is 2.40. The van der Waals surface area contributed by atoms with Crippen LogP contribution in [0.1, 0.15) is 0 Å². The van der Waals surface area contributed by atoms with Gasteiger partial charge in [0.1, 0.15) is 10.8 Å². The first kappa shape index (κ1) is 16.2. The summed E-state index contributed by atoms with van der Waals surface area (Å²) in [5.74, 6) is 0.781. The molecule has 2 aromatic carbocycles. The predicted octanol–water partition coefficient (Wildman–Crippen LogP) is 5.02. The molecule has 128 valence electrons. The largest absolute Gasteiger partial charge is 0.496 e. The van der Waals surface area contributed by atoms with Gasteiger partial charge in [-0.05, 0) is 24.3 Å². The fourth-order valence-electron chi connectivity index (χ4n) is 2.72. The maximum atomic E-state index is 5.58. The Hall–Kier alpha value is -3.25. The number of rotatable bonds is 5. The molecule has 1 N–H and O–H groups in total. The topological polar surface area (TPSA) is 59.9 Å². The lowest BCUT2D eigenvalue weighted by Gasteiger charge is -2.12. The standard InChI is InChI=1S/C20H16N4OS/c1-25-17-11-5-10-16(18(17)14-7-6-12-21-13-14)19-23-24-20(26-19)22-15-8-3-2-4-9-15/h2-13H,1H3,(H,22,24). The molecule has 0 aliphatic heterocycles. The van der Waals surface area contributed by atoms with E-state index in [0.717, 1.165) is 38.3 Å². The van der Waals surface area contributed by atoms with Gasteiger partial charge in [0.2, 0.25) is 5.13 Å². The highest BCUT2D eigenvalue weighted by Gasteiger charge is 2.16. The molecule has 0 spiro atoms. The fraction of sp³-hybridized carbons (Fsp3) is 0.0500. The van der Waals surface area contributed by atoms with Gasteiger partial charge >= 0.3 is 0 Å². The molecule has 5 nitrogen and oxygen atoms in total. The maximum Gasteiger partial charge on any atom is 0.210 e. The Labute approximate surface area is 155 Å². The summed E-state index contributed by atoms with van der Waals surface area (Å²) < 4.78 is 5.58. The number of nitrogens with zero attached hydrogens (tertiary/aromatic N) is 3. The lowest BCUT2D eigenvalue weighted by Crippen LogP contribution is -1.92. The van der Waals surface area contributed by atoms with E-state index in [4.69, 9.17) is 4.74 Å². The van der Waals surface area contributed by atoms with Crippen LogP contribution in [0.25, 0.3) is 21.7 Å². The lowest BCUT2D eigenvalue weighted by atomic mass is 10.0. The third kappa shape index (κ3) is 3.27. The molecular weight excluding hydrogens is 344 g/mol. The minimum absolute atomic E-state index is 0.742. The molecule has 2 aromatic heterocycles. The molecule has 26 heavy (non-hydrogen) atoms. The van der Waals surface area contributed by atoms with Crippen molar-refractivity contribution < 1.29 is 4.74 Å². The summed E-state index contributed by atoms with van der Waals surface area (Å²) in [6, 6.07) is 19.8. The highest BCUT2D eigenvalue weighted by atomic mass is 32.1. The average molecular weight is 360 g/mol. The SMILES string of the molecule is COc1cccc(-c2nnc(Nc3ccccc3)s2)c1-c1cccnc1. The molecule has 0 aliphatic carbocycles. The van der Waals surface area contributed by atoms with Gasteiger partial charge in [0.25, 0.3) is 0 Å². The summed E-state index contributed by atoms with van der Waals surface area (Å²) in [5.41, 5.74) is 3.89. The van der Waals surface area contributed by atoms with Gasteiger partial charge in [0.05, 0.1) is 7.11 Å². The summed E-state index contributed by atoms with van der Waals surface area (Å²) in [5, 5.41) is 13.5. The van der Waals surface area contributed by atoms with Crippen molar-refractivity contribution in [2.45, 2.75) is 0 Å². The number of para-hydroxylation sites is 1. The molecule has 0 aliphatic rings. The predicted molar refractivity (Wildman–Crippen MR) is 105 cm³/mol. The van der Waals surface area contributed by atoms with Crippen LogP contribution in [-0.4, -0.2) is 22.3 Å². The van der Waals surface area contributed by atoms with Crippen molar-refractivity contribution in [3.63, 3.8) is 0 Å². The second kappa shape index (κ2) is 7.33. The summed E-state index contributed by atoms with van der Waals surface area (Å²) >= 11 is 1.50. The minimum atomic E-state index is 0.742. The second-order valence-corrected chi connectivity index (χ2v) is 6.51. The van der Waals surface area contributed by atoms with Gasteiger partial charge in [-0.1, -0.05) is 47.7 Å². The van der Waals surface area contributed by atoms with Crippen molar-refractivity contribution in [3.05, 3.63) is 73.1 Å². The Bertz CT molecular complexity index is 1000. The highest BCUT2D eigenvalue weighted by molar-refractivity contribution is 7.18. The number of nitrogens with one attached hydrogen (secondary N) is 1. The zero-order chi connectivity index (χ0) is 17.8. The fourth-order valence-corrected chi connectivity index (χ4v) is 3.51. The molecule has 0 bridgehead atoms. The lowest BCUT2D eigenvalue weighted by molar-refractivity contribution is 0.416. The normalized spacial score (nSPS) is 10.5. The number of pyridine rings is 1. The van der Waals surface area contributed by atoms with E-state index in [-0.39, 0.29) is 0 Å². The van der Waals surface area contributed by atoms with Crippen molar-refractivity contribution in [1.82, 2.24) is 15.2 Å². The first-order chi connectivity index (χ1) is 12.8. The van der Waals surface area contributed by atoms with Crippen molar-refractivity contribution in [2.75, 3.05) is 12.4 Å². The summed E-state index contributed by atoms with van der Waals surface area (Å²) in [4.78, 5) is 4.23. The van der Waals surface area contributed by atoms with Crippen LogP contribution < -0.4 is 10.1 Å². The molecule has 4 rings (SSSR count). The molecule has 0 atom stereocenters. The maximum absolute atomic E-state index is 5.58. The van der Waals surface area contributed by atoms with Gasteiger partial charge in [-0.2, -0.15) is 0 Å². The van der Waals surface area contributed by atoms with Gasteiger partial charge < -0.3 is 10.1 Å². The summed E-state index contributed by atoms with van der Waals surface area (Å²) in [6.07, 6.45) is 3.58. The van der Waals surface area contributed by atoms with Crippen LogP contribution in [0.15, 0.2) is 73.1 Å². The van der Waals surface area contributed by atoms with Crippen LogP contribution in [-0.2, 0) is 0 Å². The number of methoxy groups -OCH3 is 1. The number of ether oxygens (including phenoxy) is 1. The van der Waals surface area contributed by atoms with Crippen LogP contribution >= 0.6 is 11.3 Å². The smallest absolute Gasteiger partial charge is 0.210 e. The first-order valence-corrected chi connectivity index (χ1v) is 8.90. The summed E-state index contributed by atoms with van der Waals surface area (Å²) in [6.45, 7) is 0. The summed E-state index contributed by atoms with van der Waals surface area (Å²) in [7, 11) is 1.67. The molecule has 0 amide bonds. The van der Waals surface area contributed by atoms with Crippen LogP contribution in [0.2, 0.25) is 0 Å². The van der Waals surface area contributed by atoms with E-state index in [2.05, 4.69) is 20.5 Å². The quantitative estimate of drug-likeness (QED) is 0.541. The molecule has 6 heteroatoms. The van der Waals surface area contributed by atoms with E-state index >= 15 is 0 Å². The zero-order valence-corrected chi connectivity index (χ0v) is 14.9. The van der Waals surface area contributed by atoms with E-state index in [1.165, 1.54) is 11.3 Å². The third-order valence-electron chi connectivity index (χ3n) is 3.88. The van der Waals surface area contributed by atoms with Gasteiger partial charge in [-0.15, -0.1) is 10.2 Å². The minimum Gasteiger partial charge on any atom is -0.496 e. The first-order valence-electron chi connectivity index (χ1n) is 8.08. The monoisotopic (exact) mass is 360 g/mol. The molecule has 4 aromatic rings. The molecule has 0 radical (unpaired) electrons. The van der Waals surface area contributed by atoms with Crippen molar-refractivity contribution in [3.8, 4) is 27.4 Å². The number of anilines is 2. The Morgan fingerprint density at radius 1 is 0.923 bits per heavy atom. The molecule has 0 saturated heterocycles. The number of benzene rings is 2. The van der Waals surface area contributed by atoms with E-state index in [0.29, 0.717) is 0 Å². The van der Waals surface area contributed by atoms with Crippen LogP contribution in [0, 0.1) is 0 Å². The molecule has 0 unspecified atom stereocenters. The van der Waals surface area contributed by atoms with Crippen molar-refractivity contribution >= 4 is 22.2 Å². The van der Waals surface area contributed by atoms with E-state index < -0.39 is 0 Å². The second-order valence-electron chi connectivity index (χ2n) is 5.53. The Morgan fingerprint density at radius 2 is 1.81 bits per heavy atom. The number of hydrogen-bond acceptors (Lipinski definition) is 6. The van der Waals surface area contributed by atoms with E-state index in [1.54, 1.807) is 13.3 Å². The Kier molecular flexibility index (Phi) is 4.57. The number of hydrogen-bond donors (Lipinski definition) is 1. The van der Waals surface area contributed by atoms with Crippen LogP contribution in [0.5, 0.6) is 5.75 Å². The third-order valence-corrected chi connectivity index (χ3v) is 4.75. The molecule has 2 heterocycles. The van der Waals surface area contributed by atoms with Crippen LogP contribution in [0.3, 0.4) is 0 Å². The Morgan fingerprint density at radius 3 is 2.58 bits per heavy atom. The van der Waals surface area contributed by atoms with Crippen LogP contribution in [0.4, 0.5) is 10.8 Å². The average Bonchev–Trinajstić information content (AvgIpc) is 3.17. The van der Waals surface area contributed by atoms with Crippen molar-refractivity contribution in [2.24, 2.45) is 0 Å². The Balaban J connectivity index is 1.75. The number of aromatic nitrogens is 3. The van der Waals surface area contributed by atoms with E-state index in [1.807, 2.05) is 66.9 Å². The molecule has 0 saturated carbocycles. The zero-order valence-electron chi connectivity index (χ0n) is 14.1. The van der Waals surface area contributed by atoms with Crippen molar-refractivity contribution in [1.29, 1.82) is 0 Å². The van der Waals surface area contributed by atoms with Gasteiger partial charge in [0, 0.05) is 34.8 Å². The molecular formula is C20H16N4OS. The van der Waals surface area contributed by atoms with Gasteiger partial charge in [0.15, 0.2) is 0 Å². The van der Waals surface area contributed by atoms with Gasteiger partial charge in [-0.3, -0.25) is 4.98 Å². The molecule has 0 fully saturated rings. The van der Waals surface area contributed by atoms with Gasteiger partial charge in [-0.25, -0.2) is 0 Å².